The van der Waals surface area contributed by atoms with Crippen molar-refractivity contribution in [1.29, 1.82) is 0 Å². The quantitative estimate of drug-likeness (QED) is 0.573. The number of nitrogens with one attached hydrogen (secondary N) is 1. The lowest BCUT2D eigenvalue weighted by Gasteiger charge is -2.39. The molecule has 3 rings (SSSR count). The Bertz CT molecular complexity index is 1060. The number of anilines is 1. The van der Waals surface area contributed by atoms with Gasteiger partial charge in [0.25, 0.3) is 0 Å². The number of ether oxygens (including phenoxy) is 2. The van der Waals surface area contributed by atoms with Crippen molar-refractivity contribution in [3.63, 3.8) is 0 Å². The second-order valence-electron chi connectivity index (χ2n) is 8.28. The van der Waals surface area contributed by atoms with E-state index in [1.54, 1.807) is 19.1 Å². The molecule has 0 aromatic heterocycles. The normalized spacial score (nSPS) is 16.6. The van der Waals surface area contributed by atoms with Gasteiger partial charge in [0.05, 0.1) is 19.1 Å². The Balaban J connectivity index is 1.91. The van der Waals surface area contributed by atoms with Gasteiger partial charge in [0, 0.05) is 30.2 Å². The van der Waals surface area contributed by atoms with Crippen LogP contribution in [0.1, 0.15) is 31.7 Å². The molecule has 180 valence electrons. The largest absolute Gasteiger partial charge is 0.495 e. The Morgan fingerprint density at radius 3 is 2.45 bits per heavy atom. The number of carbonyl (C=O) groups is 1. The van der Waals surface area contributed by atoms with Crippen LogP contribution in [0.3, 0.4) is 0 Å². The van der Waals surface area contributed by atoms with E-state index >= 15 is 0 Å². The van der Waals surface area contributed by atoms with Gasteiger partial charge < -0.3 is 14.8 Å². The van der Waals surface area contributed by atoms with E-state index in [0.29, 0.717) is 30.5 Å². The average Bonchev–Trinajstić information content (AvgIpc) is 2.81. The summed E-state index contributed by atoms with van der Waals surface area (Å²) in [6, 6.07) is 13.8. The highest BCUT2D eigenvalue weighted by Crippen LogP contribution is 2.36. The van der Waals surface area contributed by atoms with E-state index in [9.17, 15) is 13.2 Å². The monoisotopic (exact) mass is 494 g/mol. The second-order valence-corrected chi connectivity index (χ2v) is 10.6. The van der Waals surface area contributed by atoms with E-state index < -0.39 is 16.1 Å². The molecule has 1 aliphatic rings. The zero-order chi connectivity index (χ0) is 24.1. The minimum Gasteiger partial charge on any atom is -0.495 e. The van der Waals surface area contributed by atoms with Crippen molar-refractivity contribution in [3.8, 4) is 5.75 Å². The molecule has 0 saturated carbocycles. The molecule has 1 atom stereocenters. The first-order chi connectivity index (χ1) is 15.7. The number of methoxy groups -OCH3 is 1. The van der Waals surface area contributed by atoms with E-state index in [-0.39, 0.29) is 23.4 Å². The van der Waals surface area contributed by atoms with Gasteiger partial charge in [-0.2, -0.15) is 0 Å². The first-order valence-corrected chi connectivity index (χ1v) is 13.2. The summed E-state index contributed by atoms with van der Waals surface area (Å²) in [6.45, 7) is 3.38. The molecule has 1 N–H and O–H groups in total. The predicted molar refractivity (Wildman–Crippen MR) is 131 cm³/mol. The Kier molecular flexibility index (Phi) is 8.26. The van der Waals surface area contributed by atoms with Crippen LogP contribution in [-0.4, -0.2) is 53.5 Å². The van der Waals surface area contributed by atoms with Crippen molar-refractivity contribution in [1.82, 2.24) is 5.32 Å². The van der Waals surface area contributed by atoms with Gasteiger partial charge in [-0.15, -0.1) is 0 Å². The topological polar surface area (TPSA) is 84.9 Å². The van der Waals surface area contributed by atoms with Crippen molar-refractivity contribution in [3.05, 3.63) is 59.1 Å². The molecule has 1 heterocycles. The molecule has 0 bridgehead atoms. The molecule has 1 amide bonds. The second kappa shape index (κ2) is 10.8. The lowest BCUT2D eigenvalue weighted by Crippen LogP contribution is -2.52. The van der Waals surface area contributed by atoms with Crippen molar-refractivity contribution in [2.45, 2.75) is 37.6 Å². The van der Waals surface area contributed by atoms with Crippen molar-refractivity contribution in [2.75, 3.05) is 37.4 Å². The van der Waals surface area contributed by atoms with E-state index in [0.717, 1.165) is 29.0 Å². The number of hydrogen-bond acceptors (Lipinski definition) is 5. The zero-order valence-corrected chi connectivity index (χ0v) is 20.8. The third kappa shape index (κ3) is 5.80. The third-order valence-electron chi connectivity index (χ3n) is 6.15. The molecule has 9 heteroatoms. The molecule has 2 aromatic rings. The van der Waals surface area contributed by atoms with Crippen LogP contribution in [-0.2, 0) is 25.0 Å². The number of benzene rings is 2. The smallest absolute Gasteiger partial charge is 0.243 e. The highest BCUT2D eigenvalue weighted by Gasteiger charge is 2.38. The van der Waals surface area contributed by atoms with Gasteiger partial charge in [-0.25, -0.2) is 8.42 Å². The van der Waals surface area contributed by atoms with Gasteiger partial charge in [0.2, 0.25) is 15.9 Å². The van der Waals surface area contributed by atoms with Crippen LogP contribution in [0, 0.1) is 0 Å². The highest BCUT2D eigenvalue weighted by molar-refractivity contribution is 7.92. The number of nitrogens with zero attached hydrogens (tertiary/aromatic N) is 1. The summed E-state index contributed by atoms with van der Waals surface area (Å²) in [5.41, 5.74) is 1.10. The predicted octanol–water partition coefficient (Wildman–Crippen LogP) is 3.76. The lowest BCUT2D eigenvalue weighted by molar-refractivity contribution is -0.122. The fourth-order valence-electron chi connectivity index (χ4n) is 4.37. The summed E-state index contributed by atoms with van der Waals surface area (Å²) >= 11 is 6.15. The summed E-state index contributed by atoms with van der Waals surface area (Å²) in [5.74, 6) is -0.0481. The maximum absolute atomic E-state index is 13.4. The first kappa shape index (κ1) is 25.3. The summed E-state index contributed by atoms with van der Waals surface area (Å²) in [7, 11) is -2.37. The standard InChI is InChI=1S/C24H31ClN2O5S/c1-4-20(27(33(3,29)30)21-16-19(25)10-11-22(21)31-2)23(28)26-17-24(12-14-32-15-13-24)18-8-6-5-7-9-18/h5-11,16,20H,4,12-15,17H2,1-3H3,(H,26,28)/t20-/m1/s1. The molecular formula is C24H31ClN2O5S. The molecule has 0 radical (unpaired) electrons. The van der Waals surface area contributed by atoms with Gasteiger partial charge in [0.1, 0.15) is 11.8 Å². The maximum Gasteiger partial charge on any atom is 0.243 e. The van der Waals surface area contributed by atoms with Crippen molar-refractivity contribution in [2.24, 2.45) is 0 Å². The highest BCUT2D eigenvalue weighted by atomic mass is 35.5. The Labute approximate surface area is 201 Å². The summed E-state index contributed by atoms with van der Waals surface area (Å²) in [4.78, 5) is 13.4. The zero-order valence-electron chi connectivity index (χ0n) is 19.2. The van der Waals surface area contributed by atoms with Gasteiger partial charge in [-0.3, -0.25) is 9.10 Å². The van der Waals surface area contributed by atoms with Crippen LogP contribution in [0.4, 0.5) is 5.69 Å². The number of carbonyl (C=O) groups excluding carboxylic acids is 1. The molecule has 2 aromatic carbocycles. The van der Waals surface area contributed by atoms with E-state index in [4.69, 9.17) is 21.1 Å². The molecule has 1 saturated heterocycles. The van der Waals surface area contributed by atoms with Gasteiger partial charge >= 0.3 is 0 Å². The minimum absolute atomic E-state index is 0.235. The molecular weight excluding hydrogens is 464 g/mol. The molecule has 0 unspecified atom stereocenters. The Morgan fingerprint density at radius 1 is 1.21 bits per heavy atom. The number of sulfonamides is 1. The number of halogens is 1. The minimum atomic E-state index is -3.82. The fraction of sp³-hybridized carbons (Fsp3) is 0.458. The molecule has 7 nitrogen and oxygen atoms in total. The summed E-state index contributed by atoms with van der Waals surface area (Å²) < 4.78 is 37.7. The van der Waals surface area contributed by atoms with Crippen LogP contribution < -0.4 is 14.4 Å². The lowest BCUT2D eigenvalue weighted by atomic mass is 9.74. The Morgan fingerprint density at radius 2 is 1.88 bits per heavy atom. The fourth-order valence-corrected chi connectivity index (χ4v) is 5.74. The van der Waals surface area contributed by atoms with Crippen LogP contribution >= 0.6 is 11.6 Å². The van der Waals surface area contributed by atoms with Crippen LogP contribution in [0.25, 0.3) is 0 Å². The van der Waals surface area contributed by atoms with Crippen molar-refractivity contribution >= 4 is 33.2 Å². The first-order valence-electron chi connectivity index (χ1n) is 11.0. The molecule has 1 fully saturated rings. The van der Waals surface area contributed by atoms with E-state index in [1.165, 1.54) is 13.2 Å². The number of rotatable bonds is 9. The van der Waals surface area contributed by atoms with Crippen LogP contribution in [0.5, 0.6) is 5.75 Å². The van der Waals surface area contributed by atoms with Crippen molar-refractivity contribution < 1.29 is 22.7 Å². The average molecular weight is 495 g/mol. The maximum atomic E-state index is 13.4. The summed E-state index contributed by atoms with van der Waals surface area (Å²) in [5, 5.41) is 3.39. The van der Waals surface area contributed by atoms with Gasteiger partial charge in [0.15, 0.2) is 0 Å². The van der Waals surface area contributed by atoms with Crippen LogP contribution in [0.2, 0.25) is 5.02 Å². The van der Waals surface area contributed by atoms with Gasteiger partial charge in [-0.1, -0.05) is 48.9 Å². The Hall–Kier alpha value is -2.29. The third-order valence-corrected chi connectivity index (χ3v) is 7.55. The molecule has 1 aliphatic heterocycles. The van der Waals surface area contributed by atoms with E-state index in [2.05, 4.69) is 17.4 Å². The van der Waals surface area contributed by atoms with E-state index in [1.807, 2.05) is 18.2 Å². The number of amides is 1. The molecule has 33 heavy (non-hydrogen) atoms. The van der Waals surface area contributed by atoms with Crippen LogP contribution in [0.15, 0.2) is 48.5 Å². The SMILES string of the molecule is CC[C@H](C(=O)NCC1(c2ccccc2)CCOCC1)N(c1cc(Cl)ccc1OC)S(C)(=O)=O. The summed E-state index contributed by atoms with van der Waals surface area (Å²) in [6.07, 6.45) is 2.89. The molecule has 0 spiro atoms. The molecule has 0 aliphatic carbocycles. The van der Waals surface area contributed by atoms with Gasteiger partial charge in [-0.05, 0) is 43.0 Å². The number of hydrogen-bond donors (Lipinski definition) is 1.